The first-order valence-electron chi connectivity index (χ1n) is 12.3. The lowest BCUT2D eigenvalue weighted by molar-refractivity contribution is 0.0290. The minimum Gasteiger partial charge on any atom is -0.378 e. The van der Waals surface area contributed by atoms with Gasteiger partial charge in [0.15, 0.2) is 0 Å². The molecule has 0 saturated carbocycles. The number of hydrogen-bond acceptors (Lipinski definition) is 5. The van der Waals surface area contributed by atoms with Crippen LogP contribution in [0, 0.1) is 12.8 Å². The number of carbonyl (C=O) groups is 1. The molecule has 6 nitrogen and oxygen atoms in total. The van der Waals surface area contributed by atoms with Crippen molar-refractivity contribution < 1.29 is 4.79 Å². The van der Waals surface area contributed by atoms with Gasteiger partial charge in [0.25, 0.3) is 5.91 Å². The van der Waals surface area contributed by atoms with Crippen LogP contribution in [0.5, 0.6) is 0 Å². The molecule has 1 amide bonds. The molecule has 0 radical (unpaired) electrons. The number of anilines is 1. The molecule has 1 unspecified atom stereocenters. The van der Waals surface area contributed by atoms with Crippen molar-refractivity contribution in [2.75, 3.05) is 38.6 Å². The second-order valence-electron chi connectivity index (χ2n) is 9.90. The number of amides is 1. The summed E-state index contributed by atoms with van der Waals surface area (Å²) in [5.74, 6) is 1.78. The summed E-state index contributed by atoms with van der Waals surface area (Å²) >= 11 is 3.67. The number of hydrogen-bond donors (Lipinski definition) is 1. The Hall–Kier alpha value is -2.77. The Bertz CT molecular complexity index is 1210. The molecule has 1 aromatic heterocycles. The van der Waals surface area contributed by atoms with Crippen LogP contribution in [0.4, 0.5) is 5.69 Å². The number of aryl methyl sites for hydroxylation is 1. The molecule has 3 saturated heterocycles. The molecule has 3 aliphatic rings. The van der Waals surface area contributed by atoms with Gasteiger partial charge in [0, 0.05) is 66.1 Å². The molecule has 0 aliphatic carbocycles. The number of rotatable bonds is 6. The first kappa shape index (κ1) is 23.9. The lowest BCUT2D eigenvalue weighted by Gasteiger charge is -2.49. The normalized spacial score (nSPS) is 23.2. The summed E-state index contributed by atoms with van der Waals surface area (Å²) in [4.78, 5) is 26.9. The zero-order chi connectivity index (χ0) is 24.5. The van der Waals surface area contributed by atoms with Gasteiger partial charge in [0.1, 0.15) is 5.82 Å². The van der Waals surface area contributed by atoms with E-state index in [1.54, 1.807) is 0 Å². The van der Waals surface area contributed by atoms with Gasteiger partial charge < -0.3 is 10.2 Å². The maximum atomic E-state index is 12.7. The number of fused-ring (bicyclic) bond motifs is 3. The summed E-state index contributed by atoms with van der Waals surface area (Å²) in [6, 6.07) is 18.5. The van der Waals surface area contributed by atoms with E-state index >= 15 is 0 Å². The summed E-state index contributed by atoms with van der Waals surface area (Å²) in [5, 5.41) is 3.18. The quantitative estimate of drug-likeness (QED) is 0.488. The summed E-state index contributed by atoms with van der Waals surface area (Å²) in [6.45, 7) is 4.73. The number of piperidine rings is 3. The van der Waals surface area contributed by atoms with E-state index < -0.39 is 0 Å². The smallest absolute Gasteiger partial charge is 0.251 e. The Morgan fingerprint density at radius 3 is 2.60 bits per heavy atom. The third kappa shape index (κ3) is 5.11. The van der Waals surface area contributed by atoms with Crippen molar-refractivity contribution in [3.05, 3.63) is 76.2 Å². The van der Waals surface area contributed by atoms with Crippen LogP contribution in [0.15, 0.2) is 59.1 Å². The molecular formula is C28H32BrN5O. The Morgan fingerprint density at radius 1 is 1.14 bits per heavy atom. The van der Waals surface area contributed by atoms with E-state index in [9.17, 15) is 4.79 Å². The van der Waals surface area contributed by atoms with Crippen LogP contribution in [-0.4, -0.2) is 60.5 Å². The molecule has 4 atom stereocenters. The average Bonchev–Trinajstić information content (AvgIpc) is 2.87. The van der Waals surface area contributed by atoms with Crippen molar-refractivity contribution in [1.29, 1.82) is 0 Å². The van der Waals surface area contributed by atoms with Gasteiger partial charge in [0.2, 0.25) is 0 Å². The van der Waals surface area contributed by atoms with Gasteiger partial charge in [-0.05, 0) is 68.6 Å². The van der Waals surface area contributed by atoms with E-state index in [-0.39, 0.29) is 5.91 Å². The van der Waals surface area contributed by atoms with Crippen molar-refractivity contribution in [3.63, 3.8) is 0 Å². The summed E-state index contributed by atoms with van der Waals surface area (Å²) in [5.41, 5.74) is 5.01. The molecule has 3 fully saturated rings. The average molecular weight is 535 g/mol. The minimum absolute atomic E-state index is 0.000918. The van der Waals surface area contributed by atoms with Crippen LogP contribution in [0.25, 0.3) is 11.3 Å². The lowest BCUT2D eigenvalue weighted by atomic mass is 9.74. The van der Waals surface area contributed by atoms with Crippen LogP contribution in [-0.2, 0) is 0 Å². The van der Waals surface area contributed by atoms with Crippen molar-refractivity contribution in [3.8, 4) is 11.3 Å². The summed E-state index contributed by atoms with van der Waals surface area (Å²) in [7, 11) is 4.00. The number of benzene rings is 2. The van der Waals surface area contributed by atoms with E-state index in [1.165, 1.54) is 6.42 Å². The van der Waals surface area contributed by atoms with Crippen molar-refractivity contribution in [2.24, 2.45) is 5.92 Å². The zero-order valence-corrected chi connectivity index (χ0v) is 22.1. The maximum Gasteiger partial charge on any atom is 0.251 e. The topological polar surface area (TPSA) is 61.4 Å². The fourth-order valence-electron chi connectivity index (χ4n) is 5.50. The molecule has 3 aliphatic heterocycles. The van der Waals surface area contributed by atoms with Gasteiger partial charge in [-0.2, -0.15) is 0 Å². The summed E-state index contributed by atoms with van der Waals surface area (Å²) in [6.07, 6.45) is 2.26. The first-order valence-corrected chi connectivity index (χ1v) is 13.1. The second kappa shape index (κ2) is 10.1. The molecule has 2 bridgehead atoms. The van der Waals surface area contributed by atoms with Crippen LogP contribution in [0.3, 0.4) is 0 Å². The number of aromatic nitrogens is 2. The Kier molecular flexibility index (Phi) is 6.89. The highest BCUT2D eigenvalue weighted by Crippen LogP contribution is 2.42. The van der Waals surface area contributed by atoms with Gasteiger partial charge in [0.05, 0.1) is 5.69 Å². The highest BCUT2D eigenvalue weighted by molar-refractivity contribution is 9.10. The number of carbonyl (C=O) groups excluding carboxylic acids is 1. The van der Waals surface area contributed by atoms with Crippen LogP contribution >= 0.6 is 15.9 Å². The minimum atomic E-state index is -0.000918. The standard InChI is InChI=1S/C28H32BrN5O/c1-18-31-26(23-6-4-5-7-25(23)29)15-27(32-18)24-17-34-13-12-20(24)14-22(34)16-30-28(35)19-8-10-21(11-9-19)33(2)3/h4-11,15,20,22,24H,12-14,16-17H2,1-3H3,(H,30,35)/t20-,22+,24-/m0/s1. The monoisotopic (exact) mass is 533 g/mol. The van der Waals surface area contributed by atoms with Gasteiger partial charge in [-0.15, -0.1) is 0 Å². The van der Waals surface area contributed by atoms with E-state index in [1.807, 2.05) is 62.3 Å². The Balaban J connectivity index is 1.25. The van der Waals surface area contributed by atoms with Gasteiger partial charge >= 0.3 is 0 Å². The number of nitrogens with one attached hydrogen (secondary N) is 1. The van der Waals surface area contributed by atoms with Crippen LogP contribution in [0.2, 0.25) is 0 Å². The fraction of sp³-hybridized carbons (Fsp3) is 0.393. The highest BCUT2D eigenvalue weighted by atomic mass is 79.9. The maximum absolute atomic E-state index is 12.7. The predicted molar refractivity (Wildman–Crippen MR) is 144 cm³/mol. The molecule has 4 heterocycles. The van der Waals surface area contributed by atoms with Crippen LogP contribution in [0.1, 0.15) is 40.6 Å². The van der Waals surface area contributed by atoms with E-state index in [0.29, 0.717) is 30.0 Å². The zero-order valence-electron chi connectivity index (χ0n) is 20.5. The number of halogens is 1. The van der Waals surface area contributed by atoms with Gasteiger partial charge in [-0.25, -0.2) is 9.97 Å². The lowest BCUT2D eigenvalue weighted by Crippen LogP contribution is -2.56. The molecule has 6 rings (SSSR count). The van der Waals surface area contributed by atoms with Crippen LogP contribution < -0.4 is 10.2 Å². The van der Waals surface area contributed by atoms with E-state index in [4.69, 9.17) is 9.97 Å². The number of nitrogens with zero attached hydrogens (tertiary/aromatic N) is 4. The Morgan fingerprint density at radius 2 is 1.91 bits per heavy atom. The third-order valence-corrected chi connectivity index (χ3v) is 8.10. The van der Waals surface area contributed by atoms with Crippen molar-refractivity contribution >= 4 is 27.5 Å². The van der Waals surface area contributed by atoms with E-state index in [2.05, 4.69) is 44.3 Å². The third-order valence-electron chi connectivity index (χ3n) is 7.41. The fourth-order valence-corrected chi connectivity index (χ4v) is 5.98. The largest absolute Gasteiger partial charge is 0.378 e. The second-order valence-corrected chi connectivity index (χ2v) is 10.8. The molecule has 7 heteroatoms. The first-order chi connectivity index (χ1) is 16.9. The Labute approximate surface area is 215 Å². The molecular weight excluding hydrogens is 502 g/mol. The van der Waals surface area contributed by atoms with Crippen molar-refractivity contribution in [2.45, 2.75) is 31.7 Å². The van der Waals surface area contributed by atoms with Gasteiger partial charge in [-0.3, -0.25) is 9.69 Å². The summed E-state index contributed by atoms with van der Waals surface area (Å²) < 4.78 is 1.05. The molecule has 2 aromatic carbocycles. The molecule has 35 heavy (non-hydrogen) atoms. The van der Waals surface area contributed by atoms with E-state index in [0.717, 1.165) is 52.4 Å². The van der Waals surface area contributed by atoms with Crippen molar-refractivity contribution in [1.82, 2.24) is 20.2 Å². The molecule has 182 valence electrons. The molecule has 1 N–H and O–H groups in total. The highest BCUT2D eigenvalue weighted by Gasteiger charge is 2.41. The molecule has 0 spiro atoms. The predicted octanol–water partition coefficient (Wildman–Crippen LogP) is 4.89. The SMILES string of the molecule is Cc1nc(-c2ccccc2Br)cc([C@H]2CN3CC[C@H]2C[C@@H]3CNC(=O)c2ccc(N(C)C)cc2)n1. The van der Waals surface area contributed by atoms with Gasteiger partial charge in [-0.1, -0.05) is 34.1 Å². The molecule has 3 aromatic rings.